The molecule has 1 aliphatic heterocycles. The van der Waals surface area contributed by atoms with Crippen LogP contribution in [0.5, 0.6) is 5.75 Å². The molecule has 28 heavy (non-hydrogen) atoms. The number of methoxy groups -OCH3 is 1. The molecule has 148 valence electrons. The van der Waals surface area contributed by atoms with E-state index >= 15 is 0 Å². The quantitative estimate of drug-likeness (QED) is 0.825. The van der Waals surface area contributed by atoms with E-state index in [4.69, 9.17) is 4.74 Å². The molecule has 8 heteroatoms. The lowest BCUT2D eigenvalue weighted by Crippen LogP contribution is -2.50. The highest BCUT2D eigenvalue weighted by atomic mass is 19.1. The molecule has 2 aromatic rings. The van der Waals surface area contributed by atoms with Crippen molar-refractivity contribution < 1.29 is 18.7 Å². The summed E-state index contributed by atoms with van der Waals surface area (Å²) in [4.78, 5) is 28.0. The number of imide groups is 1. The Kier molecular flexibility index (Phi) is 6.44. The minimum Gasteiger partial charge on any atom is -0.497 e. The normalized spacial score (nSPS) is 14.4. The van der Waals surface area contributed by atoms with E-state index in [2.05, 4.69) is 10.6 Å². The Hall–Kier alpha value is -3.13. The van der Waals surface area contributed by atoms with E-state index in [9.17, 15) is 14.0 Å². The molecule has 0 saturated carbocycles. The SMILES string of the molecule is COc1ccc(NC(=O)NC(=O)CN2CCN(c3ccccc3F)CC2)cc1. The number of piperazine rings is 1. The van der Waals surface area contributed by atoms with E-state index in [1.807, 2.05) is 9.80 Å². The predicted molar refractivity (Wildman–Crippen MR) is 105 cm³/mol. The average molecular weight is 386 g/mol. The Labute approximate surface area is 163 Å². The lowest BCUT2D eigenvalue weighted by molar-refractivity contribution is -0.121. The molecule has 0 spiro atoms. The minimum absolute atomic E-state index is 0.112. The highest BCUT2D eigenvalue weighted by Gasteiger charge is 2.21. The summed E-state index contributed by atoms with van der Waals surface area (Å²) in [7, 11) is 1.56. The monoisotopic (exact) mass is 386 g/mol. The van der Waals surface area contributed by atoms with E-state index in [1.165, 1.54) is 6.07 Å². The molecule has 0 bridgehead atoms. The van der Waals surface area contributed by atoms with Crippen molar-refractivity contribution in [3.05, 3.63) is 54.3 Å². The van der Waals surface area contributed by atoms with Crippen LogP contribution >= 0.6 is 0 Å². The number of para-hydroxylation sites is 1. The highest BCUT2D eigenvalue weighted by Crippen LogP contribution is 2.20. The van der Waals surface area contributed by atoms with Gasteiger partial charge in [0.25, 0.3) is 0 Å². The van der Waals surface area contributed by atoms with Crippen LogP contribution in [-0.2, 0) is 4.79 Å². The number of halogens is 1. The van der Waals surface area contributed by atoms with Crippen LogP contribution in [0.2, 0.25) is 0 Å². The largest absolute Gasteiger partial charge is 0.497 e. The summed E-state index contributed by atoms with van der Waals surface area (Å²) in [5.74, 6) is 0.0470. The number of anilines is 2. The van der Waals surface area contributed by atoms with Crippen LogP contribution in [-0.4, -0.2) is 56.7 Å². The van der Waals surface area contributed by atoms with Gasteiger partial charge < -0.3 is 15.0 Å². The van der Waals surface area contributed by atoms with Gasteiger partial charge in [-0.05, 0) is 36.4 Å². The third-order valence-corrected chi connectivity index (χ3v) is 4.53. The van der Waals surface area contributed by atoms with E-state index in [0.717, 1.165) is 0 Å². The van der Waals surface area contributed by atoms with Crippen LogP contribution in [0.1, 0.15) is 0 Å². The molecule has 3 rings (SSSR count). The lowest BCUT2D eigenvalue weighted by Gasteiger charge is -2.35. The van der Waals surface area contributed by atoms with Crippen LogP contribution in [0.3, 0.4) is 0 Å². The summed E-state index contributed by atoms with van der Waals surface area (Å²) in [6.45, 7) is 2.57. The number of carbonyl (C=O) groups is 2. The highest BCUT2D eigenvalue weighted by molar-refractivity contribution is 6.01. The van der Waals surface area contributed by atoms with Gasteiger partial charge in [0.1, 0.15) is 11.6 Å². The van der Waals surface area contributed by atoms with Gasteiger partial charge in [-0.2, -0.15) is 0 Å². The summed E-state index contributed by atoms with van der Waals surface area (Å²) in [6, 6.07) is 12.9. The number of hydrogen-bond donors (Lipinski definition) is 2. The van der Waals surface area contributed by atoms with Crippen molar-refractivity contribution in [2.24, 2.45) is 0 Å². The number of ether oxygens (including phenoxy) is 1. The number of rotatable bonds is 5. The Morgan fingerprint density at radius 3 is 2.36 bits per heavy atom. The molecule has 1 heterocycles. The average Bonchev–Trinajstić information content (AvgIpc) is 2.69. The van der Waals surface area contributed by atoms with Crippen LogP contribution in [0.15, 0.2) is 48.5 Å². The number of amides is 3. The fourth-order valence-electron chi connectivity index (χ4n) is 3.06. The molecule has 7 nitrogen and oxygen atoms in total. The van der Waals surface area contributed by atoms with Crippen molar-refractivity contribution in [1.29, 1.82) is 0 Å². The fraction of sp³-hybridized carbons (Fsp3) is 0.300. The van der Waals surface area contributed by atoms with Crippen molar-refractivity contribution in [3.8, 4) is 5.75 Å². The van der Waals surface area contributed by atoms with Gasteiger partial charge in [-0.1, -0.05) is 12.1 Å². The second-order valence-corrected chi connectivity index (χ2v) is 6.45. The second kappa shape index (κ2) is 9.18. The summed E-state index contributed by atoms with van der Waals surface area (Å²) in [5, 5.41) is 4.92. The van der Waals surface area contributed by atoms with E-state index in [0.29, 0.717) is 43.3 Å². The van der Waals surface area contributed by atoms with Crippen molar-refractivity contribution in [1.82, 2.24) is 10.2 Å². The zero-order valence-corrected chi connectivity index (χ0v) is 15.7. The Balaban J connectivity index is 1.42. The standard InChI is InChI=1S/C20H23FN4O3/c1-28-16-8-6-15(7-9-16)22-20(27)23-19(26)14-24-10-12-25(13-11-24)18-5-3-2-4-17(18)21/h2-9H,10-14H2,1H3,(H2,22,23,26,27). The first-order valence-electron chi connectivity index (χ1n) is 9.02. The lowest BCUT2D eigenvalue weighted by atomic mass is 10.2. The van der Waals surface area contributed by atoms with Gasteiger partial charge in [-0.3, -0.25) is 15.0 Å². The van der Waals surface area contributed by atoms with E-state index in [-0.39, 0.29) is 18.3 Å². The molecule has 0 aromatic heterocycles. The third kappa shape index (κ3) is 5.20. The first-order chi connectivity index (χ1) is 13.5. The number of carbonyl (C=O) groups excluding carboxylic acids is 2. The van der Waals surface area contributed by atoms with Gasteiger partial charge >= 0.3 is 6.03 Å². The molecule has 1 saturated heterocycles. The van der Waals surface area contributed by atoms with Gasteiger partial charge in [-0.25, -0.2) is 9.18 Å². The Morgan fingerprint density at radius 2 is 1.71 bits per heavy atom. The Morgan fingerprint density at radius 1 is 1.04 bits per heavy atom. The molecular weight excluding hydrogens is 363 g/mol. The van der Waals surface area contributed by atoms with Crippen molar-refractivity contribution in [2.45, 2.75) is 0 Å². The molecular formula is C20H23FN4O3. The zero-order valence-electron chi connectivity index (χ0n) is 15.7. The number of nitrogens with zero attached hydrogens (tertiary/aromatic N) is 2. The molecule has 1 aliphatic rings. The third-order valence-electron chi connectivity index (χ3n) is 4.53. The topological polar surface area (TPSA) is 73.9 Å². The molecule has 0 unspecified atom stereocenters. The van der Waals surface area contributed by atoms with Crippen molar-refractivity contribution in [2.75, 3.05) is 50.1 Å². The van der Waals surface area contributed by atoms with E-state index < -0.39 is 6.03 Å². The van der Waals surface area contributed by atoms with Crippen LogP contribution < -0.4 is 20.3 Å². The smallest absolute Gasteiger partial charge is 0.325 e. The first-order valence-corrected chi connectivity index (χ1v) is 9.02. The number of nitrogens with one attached hydrogen (secondary N) is 2. The maximum absolute atomic E-state index is 13.9. The van der Waals surface area contributed by atoms with Gasteiger partial charge in [0, 0.05) is 31.9 Å². The Bertz CT molecular complexity index is 820. The molecule has 2 N–H and O–H groups in total. The fourth-order valence-corrected chi connectivity index (χ4v) is 3.06. The second-order valence-electron chi connectivity index (χ2n) is 6.45. The first kappa shape index (κ1) is 19.6. The molecule has 3 amide bonds. The van der Waals surface area contributed by atoms with E-state index in [1.54, 1.807) is 49.6 Å². The summed E-state index contributed by atoms with van der Waals surface area (Å²) in [6.07, 6.45) is 0. The molecule has 2 aromatic carbocycles. The van der Waals surface area contributed by atoms with Crippen LogP contribution in [0.25, 0.3) is 0 Å². The van der Waals surface area contributed by atoms with Gasteiger partial charge in [0.2, 0.25) is 5.91 Å². The summed E-state index contributed by atoms with van der Waals surface area (Å²) >= 11 is 0. The van der Waals surface area contributed by atoms with Crippen LogP contribution in [0, 0.1) is 5.82 Å². The molecule has 0 atom stereocenters. The predicted octanol–water partition coefficient (Wildman–Crippen LogP) is 2.30. The van der Waals surface area contributed by atoms with Crippen molar-refractivity contribution >= 4 is 23.3 Å². The summed E-state index contributed by atoms with van der Waals surface area (Å²) < 4.78 is 18.9. The maximum Gasteiger partial charge on any atom is 0.325 e. The maximum atomic E-state index is 13.9. The number of benzene rings is 2. The summed E-state index contributed by atoms with van der Waals surface area (Å²) in [5.41, 5.74) is 1.13. The number of hydrogen-bond acceptors (Lipinski definition) is 5. The molecule has 0 aliphatic carbocycles. The van der Waals surface area contributed by atoms with Gasteiger partial charge in [-0.15, -0.1) is 0 Å². The van der Waals surface area contributed by atoms with Crippen molar-refractivity contribution in [3.63, 3.8) is 0 Å². The van der Waals surface area contributed by atoms with Crippen LogP contribution in [0.4, 0.5) is 20.6 Å². The zero-order chi connectivity index (χ0) is 19.9. The minimum atomic E-state index is -0.583. The number of urea groups is 1. The van der Waals surface area contributed by atoms with Gasteiger partial charge in [0.05, 0.1) is 19.3 Å². The molecule has 0 radical (unpaired) electrons. The van der Waals surface area contributed by atoms with Gasteiger partial charge in [0.15, 0.2) is 0 Å². The molecule has 1 fully saturated rings.